The van der Waals surface area contributed by atoms with Crippen LogP contribution in [0.3, 0.4) is 0 Å². The molecule has 0 radical (unpaired) electrons. The molecule has 5 heteroatoms. The number of hydrazine groups is 1. The molecule has 1 aromatic heterocycles. The fraction of sp³-hybridized carbons (Fsp3) is 0.636. The minimum absolute atomic E-state index is 0.106. The van der Waals surface area contributed by atoms with E-state index in [0.29, 0.717) is 0 Å². The number of thiophene rings is 1. The summed E-state index contributed by atoms with van der Waals surface area (Å²) in [5, 5.41) is 2.07. The van der Waals surface area contributed by atoms with Gasteiger partial charge in [-0.1, -0.05) is 13.0 Å². The summed E-state index contributed by atoms with van der Waals surface area (Å²) in [5.74, 6) is 5.64. The van der Waals surface area contributed by atoms with Crippen molar-refractivity contribution in [2.24, 2.45) is 5.84 Å². The third-order valence-electron chi connectivity index (χ3n) is 3.03. The summed E-state index contributed by atoms with van der Waals surface area (Å²) >= 11 is 1.72. The summed E-state index contributed by atoms with van der Waals surface area (Å²) in [6, 6.07) is 4.25. The number of nitrogens with one attached hydrogen (secondary N) is 1. The summed E-state index contributed by atoms with van der Waals surface area (Å²) in [6.45, 7) is 6.01. The SMILES string of the molecule is CCN1CCOC(C(NN)c2cccs2)C1. The summed E-state index contributed by atoms with van der Waals surface area (Å²) < 4.78 is 5.81. The Labute approximate surface area is 100 Å². The van der Waals surface area contributed by atoms with E-state index in [1.807, 2.05) is 6.07 Å². The van der Waals surface area contributed by atoms with Crippen LogP contribution in [0.1, 0.15) is 17.8 Å². The Morgan fingerprint density at radius 2 is 2.62 bits per heavy atom. The second-order valence-corrected chi connectivity index (χ2v) is 4.94. The second kappa shape index (κ2) is 5.75. The van der Waals surface area contributed by atoms with Crippen LogP contribution in [0.2, 0.25) is 0 Å². The maximum atomic E-state index is 5.81. The van der Waals surface area contributed by atoms with Crippen molar-refractivity contribution in [2.75, 3.05) is 26.2 Å². The summed E-state index contributed by atoms with van der Waals surface area (Å²) in [5.41, 5.74) is 2.88. The number of nitrogens with two attached hydrogens (primary N) is 1. The van der Waals surface area contributed by atoms with Gasteiger partial charge in [0.25, 0.3) is 0 Å². The van der Waals surface area contributed by atoms with E-state index < -0.39 is 0 Å². The number of hydrogen-bond acceptors (Lipinski definition) is 5. The van der Waals surface area contributed by atoms with Crippen molar-refractivity contribution in [1.82, 2.24) is 10.3 Å². The van der Waals surface area contributed by atoms with E-state index in [4.69, 9.17) is 10.6 Å². The Morgan fingerprint density at radius 3 is 3.25 bits per heavy atom. The van der Waals surface area contributed by atoms with Gasteiger partial charge in [-0.2, -0.15) is 0 Å². The van der Waals surface area contributed by atoms with Crippen molar-refractivity contribution < 1.29 is 4.74 Å². The fourth-order valence-corrected chi connectivity index (χ4v) is 2.90. The van der Waals surface area contributed by atoms with Gasteiger partial charge < -0.3 is 4.74 Å². The van der Waals surface area contributed by atoms with E-state index in [1.165, 1.54) is 4.88 Å². The summed E-state index contributed by atoms with van der Waals surface area (Å²) in [6.07, 6.45) is 0.150. The number of morpholine rings is 1. The third kappa shape index (κ3) is 2.61. The molecule has 0 amide bonds. The Kier molecular flexibility index (Phi) is 4.31. The van der Waals surface area contributed by atoms with E-state index in [0.717, 1.165) is 26.2 Å². The molecule has 1 aliphatic rings. The molecule has 0 aromatic carbocycles. The van der Waals surface area contributed by atoms with Crippen LogP contribution in [0.4, 0.5) is 0 Å². The standard InChI is InChI=1S/C11H19N3OS/c1-2-14-5-6-15-9(8-14)11(13-12)10-4-3-7-16-10/h3-4,7,9,11,13H,2,5-6,8,12H2,1H3. The van der Waals surface area contributed by atoms with E-state index in [2.05, 4.69) is 28.7 Å². The van der Waals surface area contributed by atoms with Gasteiger partial charge >= 0.3 is 0 Å². The van der Waals surface area contributed by atoms with Crippen molar-refractivity contribution >= 4 is 11.3 Å². The van der Waals surface area contributed by atoms with Crippen LogP contribution < -0.4 is 11.3 Å². The van der Waals surface area contributed by atoms with Crippen molar-refractivity contribution in [3.05, 3.63) is 22.4 Å². The normalized spacial score (nSPS) is 24.5. The molecule has 0 bridgehead atoms. The van der Waals surface area contributed by atoms with Crippen molar-refractivity contribution in [1.29, 1.82) is 0 Å². The maximum absolute atomic E-state index is 5.81. The number of rotatable bonds is 4. The lowest BCUT2D eigenvalue weighted by Gasteiger charge is -2.35. The van der Waals surface area contributed by atoms with E-state index in [1.54, 1.807) is 11.3 Å². The van der Waals surface area contributed by atoms with Crippen LogP contribution in [0.5, 0.6) is 0 Å². The zero-order valence-corrected chi connectivity index (χ0v) is 10.4. The molecule has 1 aliphatic heterocycles. The van der Waals surface area contributed by atoms with Crippen LogP contribution in [-0.4, -0.2) is 37.2 Å². The monoisotopic (exact) mass is 241 g/mol. The molecule has 1 fully saturated rings. The van der Waals surface area contributed by atoms with E-state index >= 15 is 0 Å². The van der Waals surface area contributed by atoms with Crippen LogP contribution >= 0.6 is 11.3 Å². The zero-order chi connectivity index (χ0) is 11.4. The van der Waals surface area contributed by atoms with Gasteiger partial charge in [0.2, 0.25) is 0 Å². The molecule has 0 spiro atoms. The first-order valence-electron chi connectivity index (χ1n) is 5.68. The van der Waals surface area contributed by atoms with Gasteiger partial charge in [-0.3, -0.25) is 10.7 Å². The largest absolute Gasteiger partial charge is 0.373 e. The highest BCUT2D eigenvalue weighted by atomic mass is 32.1. The molecule has 1 aromatic rings. The molecule has 0 aliphatic carbocycles. The highest BCUT2D eigenvalue weighted by Gasteiger charge is 2.28. The molecule has 2 unspecified atom stereocenters. The van der Waals surface area contributed by atoms with Gasteiger partial charge in [-0.15, -0.1) is 11.3 Å². The lowest BCUT2D eigenvalue weighted by Crippen LogP contribution is -2.49. The minimum Gasteiger partial charge on any atom is -0.373 e. The molecule has 90 valence electrons. The van der Waals surface area contributed by atoms with Crippen molar-refractivity contribution in [3.8, 4) is 0 Å². The molecular weight excluding hydrogens is 222 g/mol. The molecule has 2 rings (SSSR count). The van der Waals surface area contributed by atoms with E-state index in [-0.39, 0.29) is 12.1 Å². The van der Waals surface area contributed by atoms with Crippen molar-refractivity contribution in [2.45, 2.75) is 19.1 Å². The first-order valence-corrected chi connectivity index (χ1v) is 6.56. The molecular formula is C11H19N3OS. The molecule has 1 saturated heterocycles. The molecule has 3 N–H and O–H groups in total. The first kappa shape index (κ1) is 12.0. The van der Waals surface area contributed by atoms with Gasteiger partial charge in [0.1, 0.15) is 0 Å². The minimum atomic E-state index is 0.106. The van der Waals surface area contributed by atoms with Crippen LogP contribution in [0.15, 0.2) is 17.5 Å². The lowest BCUT2D eigenvalue weighted by atomic mass is 10.1. The average Bonchev–Trinajstić information content (AvgIpc) is 2.84. The number of nitrogens with zero attached hydrogens (tertiary/aromatic N) is 1. The number of ether oxygens (including phenoxy) is 1. The van der Waals surface area contributed by atoms with Gasteiger partial charge in [0, 0.05) is 18.0 Å². The second-order valence-electron chi connectivity index (χ2n) is 3.96. The highest BCUT2D eigenvalue weighted by Crippen LogP contribution is 2.25. The lowest BCUT2D eigenvalue weighted by molar-refractivity contribution is -0.0450. The predicted molar refractivity (Wildman–Crippen MR) is 66.2 cm³/mol. The third-order valence-corrected chi connectivity index (χ3v) is 3.98. The Hall–Kier alpha value is -0.460. The van der Waals surface area contributed by atoms with Gasteiger partial charge in [0.15, 0.2) is 0 Å². The zero-order valence-electron chi connectivity index (χ0n) is 9.56. The molecule has 4 nitrogen and oxygen atoms in total. The molecule has 2 heterocycles. The molecule has 2 atom stereocenters. The van der Waals surface area contributed by atoms with Crippen molar-refractivity contribution in [3.63, 3.8) is 0 Å². The fourth-order valence-electron chi connectivity index (χ4n) is 2.06. The Balaban J connectivity index is 2.03. The summed E-state index contributed by atoms with van der Waals surface area (Å²) in [4.78, 5) is 3.64. The molecule has 0 saturated carbocycles. The average molecular weight is 241 g/mol. The highest BCUT2D eigenvalue weighted by molar-refractivity contribution is 7.10. The molecule has 16 heavy (non-hydrogen) atoms. The van der Waals surface area contributed by atoms with Gasteiger partial charge in [-0.05, 0) is 18.0 Å². The van der Waals surface area contributed by atoms with Crippen LogP contribution in [0.25, 0.3) is 0 Å². The quantitative estimate of drug-likeness (QED) is 0.609. The first-order chi connectivity index (χ1) is 7.85. The van der Waals surface area contributed by atoms with Gasteiger partial charge in [-0.25, -0.2) is 5.43 Å². The van der Waals surface area contributed by atoms with Crippen LogP contribution in [0, 0.1) is 0 Å². The van der Waals surface area contributed by atoms with E-state index in [9.17, 15) is 0 Å². The Bertz CT molecular complexity index is 304. The number of likely N-dealkylation sites (N-methyl/N-ethyl adjacent to an activating group) is 1. The topological polar surface area (TPSA) is 50.5 Å². The Morgan fingerprint density at radius 1 is 1.75 bits per heavy atom. The number of hydrogen-bond donors (Lipinski definition) is 2. The van der Waals surface area contributed by atoms with Gasteiger partial charge in [0.05, 0.1) is 18.8 Å². The smallest absolute Gasteiger partial charge is 0.0917 e. The maximum Gasteiger partial charge on any atom is 0.0917 e. The van der Waals surface area contributed by atoms with Crippen LogP contribution in [-0.2, 0) is 4.74 Å². The predicted octanol–water partition coefficient (Wildman–Crippen LogP) is 0.973. The summed E-state index contributed by atoms with van der Waals surface area (Å²) in [7, 11) is 0.